The Morgan fingerprint density at radius 1 is 0.722 bits per heavy atom. The van der Waals surface area contributed by atoms with E-state index < -0.39 is 17.9 Å². The van der Waals surface area contributed by atoms with Gasteiger partial charge in [0.25, 0.3) is 0 Å². The molecule has 0 spiro atoms. The average molecular weight is 509 g/mol. The lowest BCUT2D eigenvalue weighted by Gasteiger charge is -2.22. The van der Waals surface area contributed by atoms with Gasteiger partial charge in [-0.25, -0.2) is 0 Å². The maximum Gasteiger partial charge on any atom is 0.320 e. The number of hydrogen-bond acceptors (Lipinski definition) is 7. The highest BCUT2D eigenvalue weighted by Crippen LogP contribution is 2.36. The van der Waals surface area contributed by atoms with Crippen molar-refractivity contribution >= 4 is 11.9 Å². The van der Waals surface area contributed by atoms with Gasteiger partial charge in [0, 0.05) is 24.1 Å². The molecule has 1 aromatic carbocycles. The Kier molecular flexibility index (Phi) is 15.7. The van der Waals surface area contributed by atoms with Crippen LogP contribution in [0, 0.1) is 17.8 Å². The van der Waals surface area contributed by atoms with Crippen molar-refractivity contribution in [1.82, 2.24) is 0 Å². The van der Waals surface area contributed by atoms with Crippen molar-refractivity contribution in [2.75, 3.05) is 34.5 Å². The van der Waals surface area contributed by atoms with Crippen LogP contribution >= 0.6 is 0 Å². The Labute approximate surface area is 218 Å². The number of benzene rings is 1. The number of carbonyl (C=O) groups excluding carboxylic acids is 2. The van der Waals surface area contributed by atoms with Crippen LogP contribution in [0.2, 0.25) is 0 Å². The molecule has 0 fully saturated rings. The van der Waals surface area contributed by atoms with E-state index in [0.717, 1.165) is 51.4 Å². The van der Waals surface area contributed by atoms with Crippen LogP contribution in [0.3, 0.4) is 0 Å². The third-order valence-electron chi connectivity index (χ3n) is 6.80. The third-order valence-corrected chi connectivity index (χ3v) is 6.80. The van der Waals surface area contributed by atoms with Gasteiger partial charge in [0.1, 0.15) is 17.2 Å². The minimum absolute atomic E-state index is 0.0471. The number of hydrogen-bond donors (Lipinski definition) is 0. The summed E-state index contributed by atoms with van der Waals surface area (Å²) in [6.45, 7) is 9.06. The fourth-order valence-electron chi connectivity index (χ4n) is 4.14. The third kappa shape index (κ3) is 10.3. The quantitative estimate of drug-likeness (QED) is 0.158. The molecule has 0 aromatic heterocycles. The van der Waals surface area contributed by atoms with Crippen LogP contribution in [-0.4, -0.2) is 46.5 Å². The molecule has 2 unspecified atom stereocenters. The van der Waals surface area contributed by atoms with Gasteiger partial charge in [0.15, 0.2) is 5.92 Å². The van der Waals surface area contributed by atoms with Crippen LogP contribution < -0.4 is 14.2 Å². The van der Waals surface area contributed by atoms with Gasteiger partial charge >= 0.3 is 11.9 Å². The molecule has 0 heterocycles. The van der Waals surface area contributed by atoms with Crippen molar-refractivity contribution in [3.63, 3.8) is 0 Å². The second-order valence-electron chi connectivity index (χ2n) is 9.36. The van der Waals surface area contributed by atoms with Gasteiger partial charge in [0.2, 0.25) is 0 Å². The first-order valence-corrected chi connectivity index (χ1v) is 13.5. The summed E-state index contributed by atoms with van der Waals surface area (Å²) in [5.74, 6) is -0.219. The molecule has 7 heteroatoms. The van der Waals surface area contributed by atoms with Crippen LogP contribution in [0.1, 0.15) is 84.6 Å². The standard InChI is InChI=1S/C29H48O7/c1-8-12-14-21(10-3)19-35-28(30)25(29(31)36-20-22(11-4)15-13-9-2)18-24-26(33-6)16-23(32-5)17-27(24)34-7/h16-17,21-22,25H,8-15,18-20H2,1-7H3. The second-order valence-corrected chi connectivity index (χ2v) is 9.36. The lowest BCUT2D eigenvalue weighted by Crippen LogP contribution is -2.32. The molecular formula is C29H48O7. The van der Waals surface area contributed by atoms with E-state index in [-0.39, 0.29) is 18.3 Å². The van der Waals surface area contributed by atoms with Gasteiger partial charge in [0.05, 0.1) is 34.5 Å². The van der Waals surface area contributed by atoms with Crippen molar-refractivity contribution in [2.45, 2.75) is 85.5 Å². The molecule has 0 aliphatic rings. The molecule has 1 aromatic rings. The molecule has 0 N–H and O–H groups in total. The number of unbranched alkanes of at least 4 members (excludes halogenated alkanes) is 2. The van der Waals surface area contributed by atoms with Crippen LogP contribution in [0.4, 0.5) is 0 Å². The fraction of sp³-hybridized carbons (Fsp3) is 0.724. The van der Waals surface area contributed by atoms with E-state index >= 15 is 0 Å². The van der Waals surface area contributed by atoms with Gasteiger partial charge in [-0.05, 0) is 24.7 Å². The number of ether oxygens (including phenoxy) is 5. The van der Waals surface area contributed by atoms with Gasteiger partial charge in [-0.1, -0.05) is 66.2 Å². The van der Waals surface area contributed by atoms with E-state index in [9.17, 15) is 9.59 Å². The molecule has 0 aliphatic carbocycles. The molecule has 7 nitrogen and oxygen atoms in total. The zero-order valence-corrected chi connectivity index (χ0v) is 23.5. The molecule has 0 amide bonds. The normalized spacial score (nSPS) is 13.4. The summed E-state index contributed by atoms with van der Waals surface area (Å²) in [6, 6.07) is 3.42. The molecule has 1 rings (SSSR count). The lowest BCUT2D eigenvalue weighted by atomic mass is 9.96. The van der Waals surface area contributed by atoms with E-state index in [1.54, 1.807) is 19.2 Å². The van der Waals surface area contributed by atoms with Crippen LogP contribution in [0.5, 0.6) is 17.2 Å². The minimum Gasteiger partial charge on any atom is -0.496 e. The monoisotopic (exact) mass is 508 g/mol. The molecule has 36 heavy (non-hydrogen) atoms. The second kappa shape index (κ2) is 17.9. The van der Waals surface area contributed by atoms with Crippen molar-refractivity contribution in [3.05, 3.63) is 17.7 Å². The maximum absolute atomic E-state index is 13.3. The molecule has 0 bridgehead atoms. The van der Waals surface area contributed by atoms with Crippen molar-refractivity contribution < 1.29 is 33.3 Å². The first kappa shape index (κ1) is 31.6. The largest absolute Gasteiger partial charge is 0.496 e. The van der Waals surface area contributed by atoms with Gasteiger partial charge in [-0.2, -0.15) is 0 Å². The van der Waals surface area contributed by atoms with Crippen LogP contribution in [0.25, 0.3) is 0 Å². The van der Waals surface area contributed by atoms with Gasteiger partial charge in [-0.3, -0.25) is 9.59 Å². The Morgan fingerprint density at radius 2 is 1.17 bits per heavy atom. The van der Waals surface area contributed by atoms with Crippen LogP contribution in [-0.2, 0) is 25.5 Å². The molecular weight excluding hydrogens is 460 g/mol. The first-order chi connectivity index (χ1) is 17.4. The highest BCUT2D eigenvalue weighted by molar-refractivity contribution is 5.95. The zero-order valence-electron chi connectivity index (χ0n) is 23.5. The average Bonchev–Trinajstić information content (AvgIpc) is 2.91. The molecule has 0 saturated carbocycles. The summed E-state index contributed by atoms with van der Waals surface area (Å²) in [6.07, 6.45) is 8.20. The minimum atomic E-state index is -1.12. The Hall–Kier alpha value is -2.44. The molecule has 206 valence electrons. The molecule has 2 atom stereocenters. The Balaban J connectivity index is 3.16. The van der Waals surface area contributed by atoms with E-state index in [4.69, 9.17) is 23.7 Å². The van der Waals surface area contributed by atoms with Crippen molar-refractivity contribution in [3.8, 4) is 17.2 Å². The zero-order chi connectivity index (χ0) is 26.9. The van der Waals surface area contributed by atoms with E-state index in [2.05, 4.69) is 27.7 Å². The predicted molar refractivity (Wildman–Crippen MR) is 142 cm³/mol. The number of carbonyl (C=O) groups is 2. The Bertz CT molecular complexity index is 720. The van der Waals surface area contributed by atoms with E-state index in [1.165, 1.54) is 14.2 Å². The van der Waals surface area contributed by atoms with E-state index in [0.29, 0.717) is 36.0 Å². The SMILES string of the molecule is CCCCC(CC)COC(=O)C(Cc1c(OC)cc(OC)cc1OC)C(=O)OCC(CC)CCCC. The van der Waals surface area contributed by atoms with Crippen molar-refractivity contribution in [2.24, 2.45) is 17.8 Å². The highest BCUT2D eigenvalue weighted by Gasteiger charge is 2.33. The number of esters is 2. The molecule has 0 aliphatic heterocycles. The summed E-state index contributed by atoms with van der Waals surface area (Å²) in [5.41, 5.74) is 0.593. The fourth-order valence-corrected chi connectivity index (χ4v) is 4.14. The first-order valence-electron chi connectivity index (χ1n) is 13.5. The summed E-state index contributed by atoms with van der Waals surface area (Å²) in [5, 5.41) is 0. The summed E-state index contributed by atoms with van der Waals surface area (Å²) in [4.78, 5) is 26.5. The lowest BCUT2D eigenvalue weighted by molar-refractivity contribution is -0.163. The molecule has 0 radical (unpaired) electrons. The molecule has 0 saturated heterocycles. The highest BCUT2D eigenvalue weighted by atomic mass is 16.6. The maximum atomic E-state index is 13.3. The summed E-state index contributed by atoms with van der Waals surface area (Å²) < 4.78 is 27.8. The predicted octanol–water partition coefficient (Wildman–Crippen LogP) is 6.39. The Morgan fingerprint density at radius 3 is 1.50 bits per heavy atom. The summed E-state index contributed by atoms with van der Waals surface area (Å²) in [7, 11) is 4.61. The topological polar surface area (TPSA) is 80.3 Å². The van der Waals surface area contributed by atoms with Crippen LogP contribution in [0.15, 0.2) is 12.1 Å². The smallest absolute Gasteiger partial charge is 0.320 e. The van der Waals surface area contributed by atoms with Gasteiger partial charge < -0.3 is 23.7 Å². The van der Waals surface area contributed by atoms with Gasteiger partial charge in [-0.15, -0.1) is 0 Å². The van der Waals surface area contributed by atoms with Crippen molar-refractivity contribution in [1.29, 1.82) is 0 Å². The van der Waals surface area contributed by atoms with E-state index in [1.807, 2.05) is 0 Å². The number of methoxy groups -OCH3 is 3. The number of rotatable bonds is 19. The summed E-state index contributed by atoms with van der Waals surface area (Å²) >= 11 is 0.